The smallest absolute Gasteiger partial charge is 0.480 e. The first kappa shape index (κ1) is 26.8. The van der Waals surface area contributed by atoms with E-state index in [1.54, 1.807) is 97.6 Å². The number of hydrogen-bond acceptors (Lipinski definition) is 6. The molecule has 0 bridgehead atoms. The molecule has 0 aliphatic carbocycles. The van der Waals surface area contributed by atoms with Crippen LogP contribution in [0.25, 0.3) is 11.5 Å². The van der Waals surface area contributed by atoms with E-state index in [4.69, 9.17) is 22.3 Å². The average Bonchev–Trinajstić information content (AvgIpc) is 2.91. The molecule has 0 spiro atoms. The first-order valence-electron chi connectivity index (χ1n) is 9.98. The monoisotopic (exact) mass is 554 g/mol. The third kappa shape index (κ3) is 8.44. The zero-order valence-corrected chi connectivity index (χ0v) is 19.8. The molecule has 0 fully saturated rings. The van der Waals surface area contributed by atoms with Gasteiger partial charge in [0.05, 0.1) is 34.4 Å². The molecule has 4 heterocycles. The van der Waals surface area contributed by atoms with Gasteiger partial charge in [-0.2, -0.15) is 0 Å². The topological polar surface area (TPSA) is 172 Å². The molecule has 176 valence electrons. The molecule has 0 saturated carbocycles. The third-order valence-electron chi connectivity index (χ3n) is 4.08. The number of aromatic nitrogens is 4. The second kappa shape index (κ2) is 13.9. The third-order valence-corrected chi connectivity index (χ3v) is 4.08. The summed E-state index contributed by atoms with van der Waals surface area (Å²) in [5, 5.41) is 15.4. The van der Waals surface area contributed by atoms with E-state index in [9.17, 15) is 0 Å². The summed E-state index contributed by atoms with van der Waals surface area (Å²) in [6.45, 7) is 0. The summed E-state index contributed by atoms with van der Waals surface area (Å²) in [6, 6.07) is 20.9. The normalized spacial score (nSPS) is 10.9. The van der Waals surface area contributed by atoms with Gasteiger partial charge in [0.1, 0.15) is 0 Å². The van der Waals surface area contributed by atoms with Crippen LogP contribution in [0.4, 0.5) is 0 Å². The maximum Gasteiger partial charge on any atom is 2.00 e. The van der Waals surface area contributed by atoms with Crippen LogP contribution < -0.4 is 0 Å². The van der Waals surface area contributed by atoms with Crippen molar-refractivity contribution in [3.63, 3.8) is 0 Å². The molecule has 4 N–H and O–H groups in total. The van der Waals surface area contributed by atoms with E-state index < -0.39 is 0 Å². The van der Waals surface area contributed by atoms with E-state index in [2.05, 4.69) is 29.9 Å². The fourth-order valence-electron chi connectivity index (χ4n) is 2.46. The van der Waals surface area contributed by atoms with Crippen molar-refractivity contribution in [2.45, 2.75) is 0 Å². The molecule has 4 aromatic heterocycles. The molecule has 11 heteroatoms. The molecule has 10 nitrogen and oxygen atoms in total. The minimum absolute atomic E-state index is 0. The zero-order chi connectivity index (χ0) is 24.2. The minimum atomic E-state index is -0.0405. The van der Waals surface area contributed by atoms with Gasteiger partial charge in [-0.15, -0.1) is 0 Å². The van der Waals surface area contributed by atoms with Crippen molar-refractivity contribution >= 4 is 23.3 Å². The zero-order valence-electron chi connectivity index (χ0n) is 18.2. The minimum Gasteiger partial charge on any atom is -0.480 e. The van der Waals surface area contributed by atoms with Gasteiger partial charge in [0.25, 0.3) is 0 Å². The molecule has 0 aliphatic rings. The molecule has 0 radical (unpaired) electrons. The van der Waals surface area contributed by atoms with Gasteiger partial charge < -0.3 is 32.3 Å². The molecule has 0 saturated heterocycles. The molecular formula is C24H20N10Pd. The summed E-state index contributed by atoms with van der Waals surface area (Å²) in [4.78, 5) is 23.7. The number of hydrogen-bond donors (Lipinski definition) is 2. The number of pyridine rings is 4. The van der Waals surface area contributed by atoms with Crippen molar-refractivity contribution in [2.24, 2.45) is 9.98 Å². The Balaban J connectivity index is 0.000000240. The van der Waals surface area contributed by atoms with Crippen LogP contribution in [0.1, 0.15) is 22.8 Å². The van der Waals surface area contributed by atoms with Crippen LogP contribution in [0.15, 0.2) is 108 Å². The number of nitrogens with zero attached hydrogens (tertiary/aromatic N) is 6. The molecule has 0 amide bonds. The van der Waals surface area contributed by atoms with Crippen LogP contribution in [0.3, 0.4) is 0 Å². The van der Waals surface area contributed by atoms with Crippen LogP contribution >= 0.6 is 0 Å². The van der Waals surface area contributed by atoms with Crippen molar-refractivity contribution in [2.75, 3.05) is 0 Å². The van der Waals surface area contributed by atoms with E-state index in [1.165, 1.54) is 0 Å². The largest absolute Gasteiger partial charge is 2.00 e. The Labute approximate surface area is 216 Å². The molecule has 4 aromatic rings. The molecule has 0 atom stereocenters. The standard InChI is InChI=1S/2C12H10N5.Pd/c2*13-11(9-5-1-3-7-15-9)17-12(14)10-6-2-4-8-16-10;/h2*1-8H,(H2-,13,14,17);/q2*-1;+2. The maximum absolute atomic E-state index is 7.71. The summed E-state index contributed by atoms with van der Waals surface area (Å²) in [7, 11) is 0. The van der Waals surface area contributed by atoms with Crippen molar-refractivity contribution in [1.82, 2.24) is 19.9 Å². The first-order valence-corrected chi connectivity index (χ1v) is 9.98. The van der Waals surface area contributed by atoms with E-state index in [-0.39, 0.29) is 43.8 Å². The van der Waals surface area contributed by atoms with Crippen molar-refractivity contribution in [1.29, 1.82) is 10.8 Å². The summed E-state index contributed by atoms with van der Waals surface area (Å²) >= 11 is 0. The van der Waals surface area contributed by atoms with Gasteiger partial charge >= 0.3 is 20.4 Å². The van der Waals surface area contributed by atoms with Crippen LogP contribution in [-0.2, 0) is 20.4 Å². The molecule has 0 aliphatic heterocycles. The second-order valence-corrected chi connectivity index (χ2v) is 6.48. The first-order chi connectivity index (χ1) is 16.5. The Hall–Kier alpha value is -4.46. The van der Waals surface area contributed by atoms with Crippen molar-refractivity contribution in [3.8, 4) is 0 Å². The Kier molecular flexibility index (Phi) is 10.7. The van der Waals surface area contributed by atoms with Gasteiger partial charge in [0, 0.05) is 24.8 Å². The fourth-order valence-corrected chi connectivity index (χ4v) is 2.46. The Morgan fingerprint density at radius 2 is 0.800 bits per heavy atom. The van der Waals surface area contributed by atoms with Crippen molar-refractivity contribution in [3.05, 3.63) is 132 Å². The van der Waals surface area contributed by atoms with Gasteiger partial charge in [-0.3, -0.25) is 19.9 Å². The quantitative estimate of drug-likeness (QED) is 0.213. The maximum atomic E-state index is 7.71. The Morgan fingerprint density at radius 3 is 1.06 bits per heavy atom. The van der Waals surface area contributed by atoms with Gasteiger partial charge in [0.2, 0.25) is 0 Å². The van der Waals surface area contributed by atoms with Gasteiger partial charge in [-0.25, -0.2) is 0 Å². The number of aliphatic imine (C=N–C) groups is 2. The van der Waals surface area contributed by atoms with Gasteiger partial charge in [-0.05, 0) is 60.2 Å². The van der Waals surface area contributed by atoms with Gasteiger partial charge in [0.15, 0.2) is 0 Å². The molecule has 0 unspecified atom stereocenters. The van der Waals surface area contributed by atoms with Gasteiger partial charge in [-0.1, -0.05) is 24.3 Å². The summed E-state index contributed by atoms with van der Waals surface area (Å²) in [5.41, 5.74) is 17.2. The number of nitrogens with one attached hydrogen (secondary N) is 4. The van der Waals surface area contributed by atoms with Crippen molar-refractivity contribution < 1.29 is 20.4 Å². The van der Waals surface area contributed by atoms with Crippen LogP contribution in [0, 0.1) is 10.8 Å². The SMILES string of the molecule is N=C(N=C([NH-])c1ccccn1)c1ccccn1.N=C(N=C([NH-])c1ccccn1)c1ccccn1.[Pd+2]. The summed E-state index contributed by atoms with van der Waals surface area (Å²) in [6.07, 6.45) is 6.35. The predicted octanol–water partition coefficient (Wildman–Crippen LogP) is 4.60. The van der Waals surface area contributed by atoms with E-state index in [0.29, 0.717) is 22.8 Å². The van der Waals surface area contributed by atoms with E-state index >= 15 is 0 Å². The Morgan fingerprint density at radius 1 is 0.514 bits per heavy atom. The number of amidine groups is 4. The second-order valence-electron chi connectivity index (χ2n) is 6.48. The molecule has 35 heavy (non-hydrogen) atoms. The van der Waals surface area contributed by atoms with Crippen LogP contribution in [0.2, 0.25) is 0 Å². The van der Waals surface area contributed by atoms with E-state index in [1.807, 2.05) is 0 Å². The summed E-state index contributed by atoms with van der Waals surface area (Å²) < 4.78 is 0. The predicted molar refractivity (Wildman–Crippen MR) is 132 cm³/mol. The molecule has 4 rings (SSSR count). The molecule has 0 aromatic carbocycles. The average molecular weight is 555 g/mol. The van der Waals surface area contributed by atoms with Crippen LogP contribution in [0.5, 0.6) is 0 Å². The fraction of sp³-hybridized carbons (Fsp3) is 0. The van der Waals surface area contributed by atoms with Crippen LogP contribution in [-0.4, -0.2) is 43.3 Å². The summed E-state index contributed by atoms with van der Waals surface area (Å²) in [5.74, 6) is -0.162. The molecular weight excluding hydrogens is 535 g/mol. The van der Waals surface area contributed by atoms with E-state index in [0.717, 1.165) is 0 Å². The number of rotatable bonds is 4. The Bertz CT molecular complexity index is 1180.